The van der Waals surface area contributed by atoms with Gasteiger partial charge in [-0.25, -0.2) is 0 Å². The minimum atomic E-state index is 0. The van der Waals surface area contributed by atoms with Gasteiger partial charge < -0.3 is 10.6 Å². The topological polar surface area (TPSA) is 41.1 Å². The van der Waals surface area contributed by atoms with Crippen molar-refractivity contribution in [1.82, 2.24) is 10.6 Å². The number of hydrogen-bond donors (Lipinski definition) is 2. The highest BCUT2D eigenvalue weighted by molar-refractivity contribution is 5.86. The molecule has 0 saturated carbocycles. The second-order valence-corrected chi connectivity index (χ2v) is 6.70. The summed E-state index contributed by atoms with van der Waals surface area (Å²) in [6.45, 7) is 4.99. The van der Waals surface area contributed by atoms with Crippen LogP contribution in [0.1, 0.15) is 31.7 Å². The van der Waals surface area contributed by atoms with Gasteiger partial charge in [-0.2, -0.15) is 0 Å². The van der Waals surface area contributed by atoms with Crippen molar-refractivity contribution in [3.05, 3.63) is 48.0 Å². The predicted molar refractivity (Wildman–Crippen MR) is 102 cm³/mol. The van der Waals surface area contributed by atoms with Gasteiger partial charge in [0.15, 0.2) is 0 Å². The number of rotatable bonds is 5. The van der Waals surface area contributed by atoms with Gasteiger partial charge in [-0.1, -0.05) is 49.4 Å². The number of hydrogen-bond acceptors (Lipinski definition) is 2. The third kappa shape index (κ3) is 4.71. The molecule has 1 aliphatic heterocycles. The van der Waals surface area contributed by atoms with E-state index in [0.29, 0.717) is 24.8 Å². The molecule has 1 heterocycles. The van der Waals surface area contributed by atoms with Crippen molar-refractivity contribution in [2.24, 2.45) is 11.8 Å². The van der Waals surface area contributed by atoms with Crippen molar-refractivity contribution < 1.29 is 4.79 Å². The van der Waals surface area contributed by atoms with Crippen LogP contribution in [0.25, 0.3) is 10.8 Å². The molecule has 1 fully saturated rings. The molecule has 0 aliphatic carbocycles. The van der Waals surface area contributed by atoms with Crippen LogP contribution in [0.2, 0.25) is 0 Å². The van der Waals surface area contributed by atoms with E-state index in [0.717, 1.165) is 13.1 Å². The fourth-order valence-corrected chi connectivity index (χ4v) is 3.54. The quantitative estimate of drug-likeness (QED) is 0.862. The highest BCUT2D eigenvalue weighted by Crippen LogP contribution is 2.23. The van der Waals surface area contributed by atoms with Crippen LogP contribution in [-0.4, -0.2) is 19.0 Å². The van der Waals surface area contributed by atoms with Crippen LogP contribution in [0, 0.1) is 11.8 Å². The summed E-state index contributed by atoms with van der Waals surface area (Å²) in [7, 11) is 0. The van der Waals surface area contributed by atoms with Crippen molar-refractivity contribution in [3.63, 3.8) is 0 Å². The molecule has 3 nitrogen and oxygen atoms in total. The van der Waals surface area contributed by atoms with E-state index in [2.05, 4.69) is 47.9 Å². The zero-order chi connectivity index (χ0) is 16.1. The van der Waals surface area contributed by atoms with Crippen molar-refractivity contribution in [2.45, 2.75) is 32.7 Å². The molecule has 1 saturated heterocycles. The van der Waals surface area contributed by atoms with Gasteiger partial charge in [-0.05, 0) is 54.1 Å². The fourth-order valence-electron chi connectivity index (χ4n) is 3.54. The smallest absolute Gasteiger partial charge is 0.220 e. The lowest BCUT2D eigenvalue weighted by atomic mass is 9.85. The van der Waals surface area contributed by atoms with Gasteiger partial charge in [0.05, 0.1) is 0 Å². The van der Waals surface area contributed by atoms with E-state index < -0.39 is 0 Å². The first kappa shape index (κ1) is 18.8. The van der Waals surface area contributed by atoms with Crippen molar-refractivity contribution in [2.75, 3.05) is 13.1 Å². The van der Waals surface area contributed by atoms with E-state index in [1.807, 2.05) is 12.1 Å². The Hall–Kier alpha value is -1.58. The monoisotopic (exact) mass is 346 g/mol. The van der Waals surface area contributed by atoms with Crippen LogP contribution in [0.4, 0.5) is 0 Å². The average Bonchev–Trinajstić information content (AvgIpc) is 2.60. The molecule has 4 heteroatoms. The Labute approximate surface area is 150 Å². The molecule has 0 radical (unpaired) electrons. The van der Waals surface area contributed by atoms with Crippen LogP contribution in [0.3, 0.4) is 0 Å². The number of nitrogens with one attached hydrogen (secondary N) is 2. The zero-order valence-corrected chi connectivity index (χ0v) is 15.1. The van der Waals surface area contributed by atoms with Crippen LogP contribution in [-0.2, 0) is 11.3 Å². The predicted octanol–water partition coefficient (Wildman–Crippen LogP) is 3.90. The third-order valence-electron chi connectivity index (χ3n) is 5.00. The Morgan fingerprint density at radius 1 is 1.25 bits per heavy atom. The Morgan fingerprint density at radius 3 is 2.83 bits per heavy atom. The van der Waals surface area contributed by atoms with E-state index in [9.17, 15) is 4.79 Å². The number of carbonyl (C=O) groups excluding carboxylic acids is 1. The van der Waals surface area contributed by atoms with Gasteiger partial charge in [0.2, 0.25) is 5.91 Å². The molecule has 2 atom stereocenters. The molecule has 2 aromatic carbocycles. The standard InChI is InChI=1S/C20H26N2O.ClH/c1-15(17-9-5-11-21-13-17)12-20(23)22-14-18-8-4-7-16-6-2-3-10-19(16)18;/h2-4,6-8,10,15,17,21H,5,9,11-14H2,1H3,(H,22,23);1H. The Kier molecular flexibility index (Phi) is 7.07. The molecule has 2 unspecified atom stereocenters. The first-order valence-corrected chi connectivity index (χ1v) is 8.68. The fraction of sp³-hybridized carbons (Fsp3) is 0.450. The summed E-state index contributed by atoms with van der Waals surface area (Å²) in [5, 5.41) is 8.98. The summed E-state index contributed by atoms with van der Waals surface area (Å²) in [5.74, 6) is 1.23. The van der Waals surface area contributed by atoms with Crippen LogP contribution >= 0.6 is 12.4 Å². The summed E-state index contributed by atoms with van der Waals surface area (Å²) in [6.07, 6.45) is 3.09. The number of piperidine rings is 1. The molecule has 3 rings (SSSR count). The van der Waals surface area contributed by atoms with Crippen LogP contribution < -0.4 is 10.6 Å². The molecule has 1 amide bonds. The molecule has 1 aliphatic rings. The maximum absolute atomic E-state index is 12.3. The molecule has 0 aromatic heterocycles. The van der Waals surface area contributed by atoms with E-state index in [4.69, 9.17) is 0 Å². The number of amides is 1. The molecular weight excluding hydrogens is 320 g/mol. The Bertz CT molecular complexity index is 662. The first-order chi connectivity index (χ1) is 11.2. The van der Waals surface area contributed by atoms with Crippen molar-refractivity contribution in [3.8, 4) is 0 Å². The minimum Gasteiger partial charge on any atom is -0.352 e. The molecule has 2 N–H and O–H groups in total. The minimum absolute atomic E-state index is 0. The number of halogens is 1. The summed E-state index contributed by atoms with van der Waals surface area (Å²) in [6, 6.07) is 14.6. The van der Waals surface area contributed by atoms with Crippen LogP contribution in [0.15, 0.2) is 42.5 Å². The molecule has 0 bridgehead atoms. The van der Waals surface area contributed by atoms with Crippen LogP contribution in [0.5, 0.6) is 0 Å². The average molecular weight is 347 g/mol. The van der Waals surface area contributed by atoms with Gasteiger partial charge >= 0.3 is 0 Å². The molecule has 2 aromatic rings. The van der Waals surface area contributed by atoms with Gasteiger partial charge in [0, 0.05) is 13.0 Å². The van der Waals surface area contributed by atoms with Gasteiger partial charge in [0.25, 0.3) is 0 Å². The third-order valence-corrected chi connectivity index (χ3v) is 5.00. The lowest BCUT2D eigenvalue weighted by molar-refractivity contribution is -0.122. The van der Waals surface area contributed by atoms with E-state index >= 15 is 0 Å². The molecule has 24 heavy (non-hydrogen) atoms. The van der Waals surface area contributed by atoms with Crippen molar-refractivity contribution in [1.29, 1.82) is 0 Å². The second-order valence-electron chi connectivity index (χ2n) is 6.70. The van der Waals surface area contributed by atoms with Gasteiger partial charge in [-0.15, -0.1) is 12.4 Å². The Balaban J connectivity index is 0.00000208. The highest BCUT2D eigenvalue weighted by Gasteiger charge is 2.21. The zero-order valence-electron chi connectivity index (χ0n) is 14.3. The lowest BCUT2D eigenvalue weighted by Gasteiger charge is -2.28. The SMILES string of the molecule is CC(CC(=O)NCc1cccc2ccccc12)C1CCCNC1.Cl. The molecule has 130 valence electrons. The van der Waals surface area contributed by atoms with E-state index in [1.165, 1.54) is 29.2 Å². The van der Waals surface area contributed by atoms with Gasteiger partial charge in [0.1, 0.15) is 0 Å². The summed E-state index contributed by atoms with van der Waals surface area (Å²) in [5.41, 5.74) is 1.18. The van der Waals surface area contributed by atoms with Crippen molar-refractivity contribution >= 4 is 29.1 Å². The number of carbonyl (C=O) groups is 1. The van der Waals surface area contributed by atoms with Gasteiger partial charge in [-0.3, -0.25) is 4.79 Å². The normalized spacial score (nSPS) is 18.6. The summed E-state index contributed by atoms with van der Waals surface area (Å²) in [4.78, 5) is 12.3. The summed E-state index contributed by atoms with van der Waals surface area (Å²) < 4.78 is 0. The van der Waals surface area contributed by atoms with E-state index in [1.54, 1.807) is 0 Å². The largest absolute Gasteiger partial charge is 0.352 e. The summed E-state index contributed by atoms with van der Waals surface area (Å²) >= 11 is 0. The number of benzene rings is 2. The molecule has 0 spiro atoms. The molecular formula is C20H27ClN2O. The van der Waals surface area contributed by atoms with E-state index in [-0.39, 0.29) is 18.3 Å². The number of fused-ring (bicyclic) bond motifs is 1. The second kappa shape index (κ2) is 9.05. The Morgan fingerprint density at radius 2 is 2.04 bits per heavy atom. The maximum Gasteiger partial charge on any atom is 0.220 e. The maximum atomic E-state index is 12.3. The first-order valence-electron chi connectivity index (χ1n) is 8.68. The highest BCUT2D eigenvalue weighted by atomic mass is 35.5. The lowest BCUT2D eigenvalue weighted by Crippen LogP contribution is -2.35.